The largest absolute Gasteiger partial charge is 0.493 e. The van der Waals surface area contributed by atoms with E-state index in [0.29, 0.717) is 6.61 Å². The zero-order valence-electron chi connectivity index (χ0n) is 9.96. The fourth-order valence-electron chi connectivity index (χ4n) is 1.98. The predicted octanol–water partition coefficient (Wildman–Crippen LogP) is 2.13. The van der Waals surface area contributed by atoms with Crippen LogP contribution in [0.15, 0.2) is 16.6 Å². The lowest BCUT2D eigenvalue weighted by molar-refractivity contribution is 0.0256. The predicted molar refractivity (Wildman–Crippen MR) is 68.8 cm³/mol. The number of ether oxygens (including phenoxy) is 3. The summed E-state index contributed by atoms with van der Waals surface area (Å²) < 4.78 is 17.5. The molecule has 1 aliphatic rings. The molecule has 0 aliphatic carbocycles. The number of rotatable bonds is 3. The molecule has 1 unspecified atom stereocenters. The molecule has 0 radical (unpaired) electrons. The van der Waals surface area contributed by atoms with Crippen molar-refractivity contribution in [2.24, 2.45) is 0 Å². The Labute approximate surface area is 109 Å². The maximum atomic E-state index is 5.76. The average Bonchev–Trinajstić information content (AvgIpc) is 2.39. The number of benzene rings is 1. The van der Waals surface area contributed by atoms with Gasteiger partial charge in [-0.25, -0.2) is 0 Å². The number of morpholine rings is 1. The van der Waals surface area contributed by atoms with Crippen LogP contribution >= 0.6 is 15.9 Å². The summed E-state index contributed by atoms with van der Waals surface area (Å²) in [5.74, 6) is 1.45. The Morgan fingerprint density at radius 2 is 2.18 bits per heavy atom. The summed E-state index contributed by atoms with van der Waals surface area (Å²) in [4.78, 5) is 0. The molecule has 0 aromatic heterocycles. The average molecular weight is 302 g/mol. The summed E-state index contributed by atoms with van der Waals surface area (Å²) >= 11 is 3.54. The van der Waals surface area contributed by atoms with E-state index in [4.69, 9.17) is 14.2 Å². The van der Waals surface area contributed by atoms with Crippen LogP contribution in [0.2, 0.25) is 0 Å². The minimum atomic E-state index is -0.0109. The van der Waals surface area contributed by atoms with E-state index in [2.05, 4.69) is 21.2 Å². The van der Waals surface area contributed by atoms with Gasteiger partial charge < -0.3 is 19.5 Å². The topological polar surface area (TPSA) is 39.7 Å². The second-order valence-corrected chi connectivity index (χ2v) is 4.61. The first-order chi connectivity index (χ1) is 8.27. The third-order valence-electron chi connectivity index (χ3n) is 2.78. The van der Waals surface area contributed by atoms with Gasteiger partial charge in [-0.2, -0.15) is 0 Å². The molecule has 94 valence electrons. The summed E-state index contributed by atoms with van der Waals surface area (Å²) in [6, 6.07) is 3.83. The molecule has 0 amide bonds. The van der Waals surface area contributed by atoms with Gasteiger partial charge in [0.05, 0.1) is 26.9 Å². The smallest absolute Gasteiger partial charge is 0.167 e. The third-order valence-corrected chi connectivity index (χ3v) is 3.47. The van der Waals surface area contributed by atoms with Crippen molar-refractivity contribution < 1.29 is 14.2 Å². The van der Waals surface area contributed by atoms with Crippen LogP contribution in [0.3, 0.4) is 0 Å². The van der Waals surface area contributed by atoms with Crippen molar-refractivity contribution in [3.63, 3.8) is 0 Å². The van der Waals surface area contributed by atoms with Crippen LogP contribution in [-0.4, -0.2) is 33.9 Å². The molecular formula is C12H16BrNO3. The van der Waals surface area contributed by atoms with Gasteiger partial charge in [-0.05, 0) is 12.1 Å². The van der Waals surface area contributed by atoms with E-state index >= 15 is 0 Å². The standard InChI is InChI=1S/C12H16BrNO3/c1-15-9-4-3-8(13)11(12(9)16-2)10-7-14-5-6-17-10/h3-4,10,14H,5-7H2,1-2H3. The molecule has 0 saturated carbocycles. The van der Waals surface area contributed by atoms with Crippen LogP contribution in [0, 0.1) is 0 Å². The van der Waals surface area contributed by atoms with Gasteiger partial charge in [-0.15, -0.1) is 0 Å². The summed E-state index contributed by atoms with van der Waals surface area (Å²) in [6.45, 7) is 2.38. The van der Waals surface area contributed by atoms with E-state index < -0.39 is 0 Å². The van der Waals surface area contributed by atoms with E-state index in [1.807, 2.05) is 12.1 Å². The Hall–Kier alpha value is -0.780. The lowest BCUT2D eigenvalue weighted by Gasteiger charge is -2.26. The molecule has 4 nitrogen and oxygen atoms in total. The van der Waals surface area contributed by atoms with Gasteiger partial charge in [0.1, 0.15) is 0 Å². The molecule has 0 bridgehead atoms. The van der Waals surface area contributed by atoms with Crippen molar-refractivity contribution in [3.05, 3.63) is 22.2 Å². The first kappa shape index (κ1) is 12.7. The summed E-state index contributed by atoms with van der Waals surface area (Å²) in [7, 11) is 3.28. The number of methoxy groups -OCH3 is 2. The van der Waals surface area contributed by atoms with Gasteiger partial charge in [0.2, 0.25) is 0 Å². The lowest BCUT2D eigenvalue weighted by Crippen LogP contribution is -2.33. The maximum Gasteiger partial charge on any atom is 0.167 e. The molecule has 1 N–H and O–H groups in total. The SMILES string of the molecule is COc1ccc(Br)c(C2CNCCO2)c1OC. The van der Waals surface area contributed by atoms with E-state index in [1.165, 1.54) is 0 Å². The summed E-state index contributed by atoms with van der Waals surface area (Å²) in [5.41, 5.74) is 0.999. The van der Waals surface area contributed by atoms with Gasteiger partial charge in [-0.3, -0.25) is 0 Å². The fourth-order valence-corrected chi connectivity index (χ4v) is 2.55. The first-order valence-electron chi connectivity index (χ1n) is 5.50. The second kappa shape index (κ2) is 5.71. The van der Waals surface area contributed by atoms with E-state index in [9.17, 15) is 0 Å². The van der Waals surface area contributed by atoms with Crippen LogP contribution in [-0.2, 0) is 4.74 Å². The molecular weight excluding hydrogens is 286 g/mol. The van der Waals surface area contributed by atoms with Crippen molar-refractivity contribution in [3.8, 4) is 11.5 Å². The molecule has 1 saturated heterocycles. The zero-order chi connectivity index (χ0) is 12.3. The van der Waals surface area contributed by atoms with E-state index in [0.717, 1.165) is 34.6 Å². The monoisotopic (exact) mass is 301 g/mol. The Morgan fingerprint density at radius 1 is 1.35 bits per heavy atom. The Bertz CT molecular complexity index is 392. The maximum absolute atomic E-state index is 5.76. The molecule has 1 atom stereocenters. The van der Waals surface area contributed by atoms with Gasteiger partial charge in [0, 0.05) is 23.1 Å². The Kier molecular flexibility index (Phi) is 4.25. The number of hydrogen-bond acceptors (Lipinski definition) is 4. The molecule has 5 heteroatoms. The van der Waals surface area contributed by atoms with Crippen molar-refractivity contribution in [1.82, 2.24) is 5.32 Å². The molecule has 0 spiro atoms. The van der Waals surface area contributed by atoms with Gasteiger partial charge >= 0.3 is 0 Å². The molecule has 1 heterocycles. The van der Waals surface area contributed by atoms with Crippen LogP contribution < -0.4 is 14.8 Å². The van der Waals surface area contributed by atoms with Crippen LogP contribution in [0.5, 0.6) is 11.5 Å². The van der Waals surface area contributed by atoms with E-state index in [-0.39, 0.29) is 6.10 Å². The van der Waals surface area contributed by atoms with Crippen LogP contribution in [0.1, 0.15) is 11.7 Å². The van der Waals surface area contributed by atoms with Gasteiger partial charge in [0.25, 0.3) is 0 Å². The molecule has 1 aromatic rings. The normalized spacial score (nSPS) is 20.1. The van der Waals surface area contributed by atoms with Gasteiger partial charge in [-0.1, -0.05) is 15.9 Å². The lowest BCUT2D eigenvalue weighted by atomic mass is 10.1. The van der Waals surface area contributed by atoms with Crippen LogP contribution in [0.25, 0.3) is 0 Å². The minimum Gasteiger partial charge on any atom is -0.493 e. The van der Waals surface area contributed by atoms with Crippen LogP contribution in [0.4, 0.5) is 0 Å². The highest BCUT2D eigenvalue weighted by molar-refractivity contribution is 9.10. The molecule has 1 aromatic carbocycles. The number of halogens is 1. The molecule has 2 rings (SSSR count). The number of hydrogen-bond donors (Lipinski definition) is 1. The quantitative estimate of drug-likeness (QED) is 0.928. The highest BCUT2D eigenvalue weighted by Gasteiger charge is 2.24. The van der Waals surface area contributed by atoms with Crippen molar-refractivity contribution >= 4 is 15.9 Å². The molecule has 1 aliphatic heterocycles. The Balaban J connectivity index is 2.41. The summed E-state index contributed by atoms with van der Waals surface area (Å²) in [6.07, 6.45) is -0.0109. The van der Waals surface area contributed by atoms with Crippen molar-refractivity contribution in [2.45, 2.75) is 6.10 Å². The first-order valence-corrected chi connectivity index (χ1v) is 6.30. The second-order valence-electron chi connectivity index (χ2n) is 3.76. The minimum absolute atomic E-state index is 0.0109. The highest BCUT2D eigenvalue weighted by atomic mass is 79.9. The van der Waals surface area contributed by atoms with Crippen molar-refractivity contribution in [2.75, 3.05) is 33.9 Å². The van der Waals surface area contributed by atoms with Crippen molar-refractivity contribution in [1.29, 1.82) is 0 Å². The van der Waals surface area contributed by atoms with Gasteiger partial charge in [0.15, 0.2) is 11.5 Å². The fraction of sp³-hybridized carbons (Fsp3) is 0.500. The highest BCUT2D eigenvalue weighted by Crippen LogP contribution is 2.41. The zero-order valence-corrected chi connectivity index (χ0v) is 11.5. The molecule has 1 fully saturated rings. The van der Waals surface area contributed by atoms with E-state index in [1.54, 1.807) is 14.2 Å². The summed E-state index contributed by atoms with van der Waals surface area (Å²) in [5, 5.41) is 3.31. The third kappa shape index (κ3) is 2.56. The Morgan fingerprint density at radius 3 is 2.76 bits per heavy atom. The number of nitrogens with one attached hydrogen (secondary N) is 1. The molecule has 17 heavy (non-hydrogen) atoms.